The third-order valence-electron chi connectivity index (χ3n) is 3.51. The summed E-state index contributed by atoms with van der Waals surface area (Å²) in [5.74, 6) is -0.769. The number of amides is 2. The molecule has 0 aliphatic carbocycles. The van der Waals surface area contributed by atoms with E-state index in [0.29, 0.717) is 16.1 Å². The maximum absolute atomic E-state index is 12.3. The van der Waals surface area contributed by atoms with Gasteiger partial charge in [0, 0.05) is 12.1 Å². The van der Waals surface area contributed by atoms with E-state index < -0.39 is 5.91 Å². The van der Waals surface area contributed by atoms with Gasteiger partial charge in [-0.05, 0) is 47.7 Å². The summed E-state index contributed by atoms with van der Waals surface area (Å²) in [6.07, 6.45) is 0.980. The van der Waals surface area contributed by atoms with Crippen LogP contribution < -0.4 is 16.4 Å². The first-order valence-corrected chi connectivity index (χ1v) is 7.54. The van der Waals surface area contributed by atoms with Gasteiger partial charge in [-0.15, -0.1) is 11.3 Å². The van der Waals surface area contributed by atoms with Crippen LogP contribution in [-0.4, -0.2) is 18.4 Å². The number of hydrogen-bond acceptors (Lipinski definition) is 4. The van der Waals surface area contributed by atoms with Gasteiger partial charge in [-0.2, -0.15) is 0 Å². The molecule has 1 aromatic carbocycles. The highest BCUT2D eigenvalue weighted by Crippen LogP contribution is 2.24. The maximum Gasteiger partial charge on any atom is 0.256 e. The van der Waals surface area contributed by atoms with Gasteiger partial charge in [0.05, 0.1) is 5.56 Å². The van der Waals surface area contributed by atoms with Crippen molar-refractivity contribution in [2.45, 2.75) is 13.0 Å². The van der Waals surface area contributed by atoms with Gasteiger partial charge in [-0.25, -0.2) is 0 Å². The molecule has 0 atom stereocenters. The minimum absolute atomic E-state index is 0.228. The fourth-order valence-corrected chi connectivity index (χ4v) is 3.18. The van der Waals surface area contributed by atoms with Crippen LogP contribution in [-0.2, 0) is 13.0 Å². The third kappa shape index (κ3) is 2.81. The summed E-state index contributed by atoms with van der Waals surface area (Å²) < 4.78 is 0. The molecular formula is C15H15N3O2S. The average Bonchev–Trinajstić information content (AvgIpc) is 2.95. The molecule has 0 bridgehead atoms. The highest BCUT2D eigenvalue weighted by molar-refractivity contribution is 7.14. The van der Waals surface area contributed by atoms with Crippen LogP contribution in [0.25, 0.3) is 0 Å². The summed E-state index contributed by atoms with van der Waals surface area (Å²) in [6.45, 7) is 1.75. The van der Waals surface area contributed by atoms with Gasteiger partial charge in [-0.1, -0.05) is 6.07 Å². The van der Waals surface area contributed by atoms with E-state index in [-0.39, 0.29) is 5.91 Å². The van der Waals surface area contributed by atoms with E-state index in [1.165, 1.54) is 16.9 Å². The number of carbonyl (C=O) groups is 2. The molecule has 108 valence electrons. The summed E-state index contributed by atoms with van der Waals surface area (Å²) in [7, 11) is 0. The van der Waals surface area contributed by atoms with Gasteiger partial charge in [0.25, 0.3) is 11.8 Å². The zero-order valence-electron chi connectivity index (χ0n) is 11.3. The highest BCUT2D eigenvalue weighted by atomic mass is 32.1. The smallest absolute Gasteiger partial charge is 0.256 e. The minimum atomic E-state index is -0.541. The lowest BCUT2D eigenvalue weighted by Crippen LogP contribution is -2.24. The Hall–Kier alpha value is -2.18. The lowest BCUT2D eigenvalue weighted by Gasteiger charge is -2.17. The van der Waals surface area contributed by atoms with Gasteiger partial charge >= 0.3 is 0 Å². The van der Waals surface area contributed by atoms with Crippen LogP contribution in [0.5, 0.6) is 0 Å². The Balaban J connectivity index is 1.82. The first-order valence-electron chi connectivity index (χ1n) is 6.66. The van der Waals surface area contributed by atoms with Crippen LogP contribution in [0, 0.1) is 0 Å². The molecule has 0 fully saturated rings. The maximum atomic E-state index is 12.3. The summed E-state index contributed by atoms with van der Waals surface area (Å²) in [5, 5.41) is 8.26. The molecule has 4 N–H and O–H groups in total. The summed E-state index contributed by atoms with van der Waals surface area (Å²) >= 11 is 1.28. The first kappa shape index (κ1) is 13.8. The number of thiophene rings is 1. The SMILES string of the molecule is NC(=O)c1ccsc1NC(=O)c1ccc2c(c1)CNCC2. The number of anilines is 1. The second-order valence-electron chi connectivity index (χ2n) is 4.89. The fraction of sp³-hybridized carbons (Fsp3) is 0.200. The Morgan fingerprint density at radius 2 is 2.10 bits per heavy atom. The Morgan fingerprint density at radius 1 is 1.24 bits per heavy atom. The van der Waals surface area contributed by atoms with E-state index >= 15 is 0 Å². The van der Waals surface area contributed by atoms with Crippen LogP contribution in [0.2, 0.25) is 0 Å². The molecule has 0 unspecified atom stereocenters. The molecule has 0 saturated heterocycles. The van der Waals surface area contributed by atoms with E-state index in [2.05, 4.69) is 10.6 Å². The van der Waals surface area contributed by atoms with Crippen molar-refractivity contribution in [3.8, 4) is 0 Å². The van der Waals surface area contributed by atoms with Crippen molar-refractivity contribution in [2.24, 2.45) is 5.73 Å². The number of carbonyl (C=O) groups excluding carboxylic acids is 2. The molecule has 3 rings (SSSR count). The Labute approximate surface area is 126 Å². The molecule has 6 heteroatoms. The van der Waals surface area contributed by atoms with E-state index in [0.717, 1.165) is 25.1 Å². The lowest BCUT2D eigenvalue weighted by molar-refractivity contribution is 0.100. The standard InChI is InChI=1S/C15H15N3O2S/c16-13(19)12-4-6-21-15(12)18-14(20)10-2-1-9-3-5-17-8-11(9)7-10/h1-2,4,6-7,17H,3,5,8H2,(H2,16,19)(H,18,20). The van der Waals surface area contributed by atoms with Crippen molar-refractivity contribution in [2.75, 3.05) is 11.9 Å². The van der Waals surface area contributed by atoms with E-state index in [4.69, 9.17) is 5.73 Å². The van der Waals surface area contributed by atoms with E-state index in [9.17, 15) is 9.59 Å². The molecule has 0 spiro atoms. The highest BCUT2D eigenvalue weighted by Gasteiger charge is 2.16. The molecule has 2 heterocycles. The van der Waals surface area contributed by atoms with Crippen molar-refractivity contribution >= 4 is 28.2 Å². The van der Waals surface area contributed by atoms with Gasteiger partial charge in [0.2, 0.25) is 0 Å². The molecule has 0 saturated carbocycles. The van der Waals surface area contributed by atoms with Crippen LogP contribution in [0.3, 0.4) is 0 Å². The molecule has 5 nitrogen and oxygen atoms in total. The number of hydrogen-bond donors (Lipinski definition) is 3. The van der Waals surface area contributed by atoms with E-state index in [1.807, 2.05) is 18.2 Å². The van der Waals surface area contributed by atoms with Crippen LogP contribution in [0.4, 0.5) is 5.00 Å². The number of nitrogens with one attached hydrogen (secondary N) is 2. The molecule has 2 amide bonds. The number of rotatable bonds is 3. The first-order chi connectivity index (χ1) is 10.1. The van der Waals surface area contributed by atoms with Crippen molar-refractivity contribution in [3.05, 3.63) is 51.9 Å². The summed E-state index contributed by atoms with van der Waals surface area (Å²) in [6, 6.07) is 7.32. The molecule has 2 aromatic rings. The van der Waals surface area contributed by atoms with Crippen LogP contribution >= 0.6 is 11.3 Å². The largest absolute Gasteiger partial charge is 0.366 e. The predicted molar refractivity (Wildman–Crippen MR) is 82.6 cm³/mol. The van der Waals surface area contributed by atoms with Crippen molar-refractivity contribution in [1.82, 2.24) is 5.32 Å². The fourth-order valence-electron chi connectivity index (χ4n) is 2.40. The average molecular weight is 301 g/mol. The Kier molecular flexibility index (Phi) is 3.72. The molecule has 0 radical (unpaired) electrons. The Morgan fingerprint density at radius 3 is 2.90 bits per heavy atom. The van der Waals surface area contributed by atoms with Crippen LogP contribution in [0.1, 0.15) is 31.8 Å². The zero-order chi connectivity index (χ0) is 14.8. The lowest BCUT2D eigenvalue weighted by atomic mass is 9.98. The number of benzene rings is 1. The second-order valence-corrected chi connectivity index (χ2v) is 5.81. The number of primary amides is 1. The molecule has 1 aliphatic rings. The zero-order valence-corrected chi connectivity index (χ0v) is 12.1. The van der Waals surface area contributed by atoms with Crippen molar-refractivity contribution in [3.63, 3.8) is 0 Å². The molecule has 1 aliphatic heterocycles. The topological polar surface area (TPSA) is 84.2 Å². The molecule has 1 aromatic heterocycles. The monoisotopic (exact) mass is 301 g/mol. The van der Waals surface area contributed by atoms with Crippen molar-refractivity contribution in [1.29, 1.82) is 0 Å². The number of nitrogens with two attached hydrogens (primary N) is 1. The minimum Gasteiger partial charge on any atom is -0.366 e. The number of fused-ring (bicyclic) bond motifs is 1. The second kappa shape index (κ2) is 5.67. The molecular weight excluding hydrogens is 286 g/mol. The predicted octanol–water partition coefficient (Wildman–Crippen LogP) is 1.74. The van der Waals surface area contributed by atoms with E-state index in [1.54, 1.807) is 11.4 Å². The van der Waals surface area contributed by atoms with Crippen LogP contribution in [0.15, 0.2) is 29.6 Å². The van der Waals surface area contributed by atoms with Gasteiger partial charge in [0.1, 0.15) is 5.00 Å². The normalized spacial score (nSPS) is 13.5. The van der Waals surface area contributed by atoms with Gasteiger partial charge in [-0.3, -0.25) is 9.59 Å². The third-order valence-corrected chi connectivity index (χ3v) is 4.34. The molecule has 21 heavy (non-hydrogen) atoms. The van der Waals surface area contributed by atoms with Gasteiger partial charge in [0.15, 0.2) is 0 Å². The summed E-state index contributed by atoms with van der Waals surface area (Å²) in [5.41, 5.74) is 8.62. The van der Waals surface area contributed by atoms with Crippen molar-refractivity contribution < 1.29 is 9.59 Å². The Bertz CT molecular complexity index is 709. The summed E-state index contributed by atoms with van der Waals surface area (Å²) in [4.78, 5) is 23.6. The quantitative estimate of drug-likeness (QED) is 0.807. The van der Waals surface area contributed by atoms with Gasteiger partial charge < -0.3 is 16.4 Å².